The van der Waals surface area contributed by atoms with Crippen LogP contribution in [0.25, 0.3) is 0 Å². The van der Waals surface area contributed by atoms with E-state index in [1.165, 1.54) is 6.07 Å². The third kappa shape index (κ3) is 5.28. The summed E-state index contributed by atoms with van der Waals surface area (Å²) in [6.07, 6.45) is 5.02. The van der Waals surface area contributed by atoms with E-state index >= 15 is 0 Å². The van der Waals surface area contributed by atoms with E-state index in [-0.39, 0.29) is 33.5 Å². The lowest BCUT2D eigenvalue weighted by Crippen LogP contribution is -2.48. The maximum Gasteiger partial charge on any atom is 0.267 e. The molecule has 1 aromatic carbocycles. The number of carbonyl (C=O) groups excluding carboxylic acids is 1. The zero-order chi connectivity index (χ0) is 23.5. The topological polar surface area (TPSA) is 173 Å². The number of aryl methyl sites for hydroxylation is 1. The molecule has 1 heterocycles. The Morgan fingerprint density at radius 1 is 1.25 bits per heavy atom. The monoisotopic (exact) mass is 462 g/mol. The Bertz CT molecular complexity index is 1170. The molecule has 3 rings (SSSR count). The minimum Gasteiger partial charge on any atom is -0.365 e. The first-order valence-electron chi connectivity index (χ1n) is 10.6. The first-order chi connectivity index (χ1) is 15.0. The molecule has 1 aromatic heterocycles. The minimum absolute atomic E-state index is 0.0142. The number of hydrogen-bond donors (Lipinski definition) is 5. The highest BCUT2D eigenvalue weighted by Gasteiger charge is 2.27. The number of aromatic nitrogens is 2. The standard InChI is InChI=1S/C21H30N6O4S/c1-3-32(30,31)15-8-7-14(11-13(15)2)25-18-16(17(22)28)19(29)27-20(26-18)24-12-21(23)9-5-4-6-10-21/h7-8,11H,3-6,9-10,12,23H2,1-2H3,(H2,22,28)(H3,24,25,26,27,29). The van der Waals surface area contributed by atoms with E-state index in [0.717, 1.165) is 32.1 Å². The zero-order valence-electron chi connectivity index (χ0n) is 18.3. The molecule has 7 N–H and O–H groups in total. The fourth-order valence-electron chi connectivity index (χ4n) is 3.94. The molecule has 1 aliphatic carbocycles. The van der Waals surface area contributed by atoms with Crippen molar-refractivity contribution in [2.45, 2.75) is 56.4 Å². The summed E-state index contributed by atoms with van der Waals surface area (Å²) in [5.74, 6) is -0.805. The molecule has 0 unspecified atom stereocenters. The molecule has 32 heavy (non-hydrogen) atoms. The lowest BCUT2D eigenvalue weighted by atomic mass is 9.82. The molecule has 1 aliphatic rings. The summed E-state index contributed by atoms with van der Waals surface area (Å²) in [6.45, 7) is 3.67. The average molecular weight is 463 g/mol. The molecule has 0 spiro atoms. The molecular formula is C21H30N6O4S. The number of nitrogens with one attached hydrogen (secondary N) is 3. The van der Waals surface area contributed by atoms with Crippen LogP contribution in [0.2, 0.25) is 0 Å². The molecule has 1 amide bonds. The van der Waals surface area contributed by atoms with Crippen LogP contribution in [-0.4, -0.2) is 42.1 Å². The van der Waals surface area contributed by atoms with Gasteiger partial charge in [-0.2, -0.15) is 4.98 Å². The number of H-pyrrole nitrogens is 1. The van der Waals surface area contributed by atoms with Gasteiger partial charge in [-0.25, -0.2) is 8.42 Å². The van der Waals surface area contributed by atoms with E-state index in [4.69, 9.17) is 11.5 Å². The number of nitrogens with zero attached hydrogens (tertiary/aromatic N) is 1. The average Bonchev–Trinajstić information content (AvgIpc) is 2.72. The van der Waals surface area contributed by atoms with Crippen molar-refractivity contribution in [3.63, 3.8) is 0 Å². The molecule has 0 radical (unpaired) electrons. The number of nitrogens with two attached hydrogens (primary N) is 2. The fourth-order valence-corrected chi connectivity index (χ4v) is 5.07. The first-order valence-corrected chi connectivity index (χ1v) is 12.3. The molecule has 0 atom stereocenters. The van der Waals surface area contributed by atoms with Crippen LogP contribution < -0.4 is 27.7 Å². The van der Waals surface area contributed by atoms with Crippen molar-refractivity contribution >= 4 is 33.2 Å². The van der Waals surface area contributed by atoms with Gasteiger partial charge in [-0.1, -0.05) is 26.2 Å². The number of rotatable bonds is 8. The molecule has 11 heteroatoms. The third-order valence-electron chi connectivity index (χ3n) is 5.78. The molecular weight excluding hydrogens is 432 g/mol. The molecule has 0 bridgehead atoms. The van der Waals surface area contributed by atoms with E-state index in [1.54, 1.807) is 26.0 Å². The number of benzene rings is 1. The van der Waals surface area contributed by atoms with Crippen molar-refractivity contribution in [2.75, 3.05) is 22.9 Å². The van der Waals surface area contributed by atoms with Crippen LogP contribution in [0, 0.1) is 6.92 Å². The molecule has 10 nitrogen and oxygen atoms in total. The Kier molecular flexibility index (Phi) is 6.89. The number of hydrogen-bond acceptors (Lipinski definition) is 8. The van der Waals surface area contributed by atoms with Crippen LogP contribution in [0.15, 0.2) is 27.9 Å². The third-order valence-corrected chi connectivity index (χ3v) is 7.66. The minimum atomic E-state index is -3.37. The number of amides is 1. The normalized spacial score (nSPS) is 15.8. The lowest BCUT2D eigenvalue weighted by Gasteiger charge is -2.33. The van der Waals surface area contributed by atoms with Gasteiger partial charge in [-0.15, -0.1) is 0 Å². The van der Waals surface area contributed by atoms with Crippen LogP contribution in [-0.2, 0) is 9.84 Å². The molecule has 1 saturated carbocycles. The van der Waals surface area contributed by atoms with E-state index < -0.39 is 21.3 Å². The summed E-state index contributed by atoms with van der Waals surface area (Å²) in [7, 11) is -3.37. The SMILES string of the molecule is CCS(=O)(=O)c1ccc(Nc2nc(NCC3(N)CCCCC3)[nH]c(=O)c2C(N)=O)cc1C. The molecule has 1 fully saturated rings. The molecule has 0 saturated heterocycles. The quantitative estimate of drug-likeness (QED) is 0.395. The van der Waals surface area contributed by atoms with E-state index in [2.05, 4.69) is 20.6 Å². The van der Waals surface area contributed by atoms with Crippen LogP contribution in [0.1, 0.15) is 54.9 Å². The predicted octanol–water partition coefficient (Wildman–Crippen LogP) is 1.79. The first kappa shape index (κ1) is 23.7. The van der Waals surface area contributed by atoms with Crippen molar-refractivity contribution in [1.29, 1.82) is 0 Å². The fraction of sp³-hybridized carbons (Fsp3) is 0.476. The van der Waals surface area contributed by atoms with Crippen LogP contribution >= 0.6 is 0 Å². The number of primary amides is 1. The van der Waals surface area contributed by atoms with Gasteiger partial charge in [-0.05, 0) is 43.5 Å². The van der Waals surface area contributed by atoms with Gasteiger partial charge in [0.2, 0.25) is 5.95 Å². The Morgan fingerprint density at radius 2 is 1.94 bits per heavy atom. The van der Waals surface area contributed by atoms with Gasteiger partial charge in [0.05, 0.1) is 10.6 Å². The van der Waals surface area contributed by atoms with Gasteiger partial charge in [-0.3, -0.25) is 14.6 Å². The summed E-state index contributed by atoms with van der Waals surface area (Å²) < 4.78 is 24.4. The van der Waals surface area contributed by atoms with E-state index in [9.17, 15) is 18.0 Å². The van der Waals surface area contributed by atoms with Crippen LogP contribution in [0.3, 0.4) is 0 Å². The summed E-state index contributed by atoms with van der Waals surface area (Å²) in [5.41, 5.74) is 11.4. The molecule has 2 aromatic rings. The molecule has 174 valence electrons. The smallest absolute Gasteiger partial charge is 0.267 e. The van der Waals surface area contributed by atoms with Gasteiger partial charge >= 0.3 is 0 Å². The maximum absolute atomic E-state index is 12.5. The zero-order valence-corrected chi connectivity index (χ0v) is 19.1. The Hall–Kier alpha value is -2.92. The van der Waals surface area contributed by atoms with Gasteiger partial charge in [0.15, 0.2) is 15.7 Å². The predicted molar refractivity (Wildman–Crippen MR) is 124 cm³/mol. The van der Waals surface area contributed by atoms with Crippen molar-refractivity contribution in [3.8, 4) is 0 Å². The van der Waals surface area contributed by atoms with Gasteiger partial charge in [0.1, 0.15) is 5.56 Å². The van der Waals surface area contributed by atoms with Crippen molar-refractivity contribution in [3.05, 3.63) is 39.7 Å². The van der Waals surface area contributed by atoms with E-state index in [1.807, 2.05) is 0 Å². The number of aromatic amines is 1. The van der Waals surface area contributed by atoms with E-state index in [0.29, 0.717) is 17.8 Å². The highest BCUT2D eigenvalue weighted by molar-refractivity contribution is 7.91. The highest BCUT2D eigenvalue weighted by Crippen LogP contribution is 2.27. The van der Waals surface area contributed by atoms with Crippen molar-refractivity contribution in [1.82, 2.24) is 9.97 Å². The van der Waals surface area contributed by atoms with Crippen LogP contribution in [0.4, 0.5) is 17.5 Å². The van der Waals surface area contributed by atoms with Gasteiger partial charge in [0.25, 0.3) is 11.5 Å². The summed E-state index contributed by atoms with van der Waals surface area (Å²) >= 11 is 0. The summed E-state index contributed by atoms with van der Waals surface area (Å²) in [6, 6.07) is 4.64. The Balaban J connectivity index is 1.90. The number of sulfone groups is 1. The van der Waals surface area contributed by atoms with Crippen molar-refractivity contribution in [2.24, 2.45) is 11.5 Å². The van der Waals surface area contributed by atoms with Gasteiger partial charge in [0, 0.05) is 17.8 Å². The summed E-state index contributed by atoms with van der Waals surface area (Å²) in [5, 5.41) is 5.99. The second-order valence-electron chi connectivity index (χ2n) is 8.29. The highest BCUT2D eigenvalue weighted by atomic mass is 32.2. The number of carbonyl (C=O) groups is 1. The van der Waals surface area contributed by atoms with Gasteiger partial charge < -0.3 is 22.1 Å². The van der Waals surface area contributed by atoms with Crippen LogP contribution in [0.5, 0.6) is 0 Å². The second-order valence-corrected chi connectivity index (χ2v) is 10.5. The maximum atomic E-state index is 12.5. The van der Waals surface area contributed by atoms with Crippen molar-refractivity contribution < 1.29 is 13.2 Å². The Labute approximate surface area is 187 Å². The Morgan fingerprint density at radius 3 is 2.53 bits per heavy atom. The lowest BCUT2D eigenvalue weighted by molar-refractivity contribution is 0.0999. The summed E-state index contributed by atoms with van der Waals surface area (Å²) in [4.78, 5) is 31.5. The second kappa shape index (κ2) is 9.29. The molecule has 0 aliphatic heterocycles. The number of anilines is 3. The largest absolute Gasteiger partial charge is 0.365 e.